The predicted octanol–water partition coefficient (Wildman–Crippen LogP) is 3.99. The number of carbonyl (C=O) groups excluding carboxylic acids is 1. The van der Waals surface area contributed by atoms with E-state index in [4.69, 9.17) is 0 Å². The number of fused-ring (bicyclic) bond motifs is 1. The van der Waals surface area contributed by atoms with Crippen LogP contribution in [0.15, 0.2) is 18.2 Å². The molecule has 5 rings (SSSR count). The van der Waals surface area contributed by atoms with Crippen LogP contribution in [-0.4, -0.2) is 38.1 Å². The zero-order valence-corrected chi connectivity index (χ0v) is 17.8. The second-order valence-electron chi connectivity index (χ2n) is 9.87. The first kappa shape index (κ1) is 19.6. The minimum atomic E-state index is 0.259. The van der Waals surface area contributed by atoms with Crippen LogP contribution in [0.4, 0.5) is 5.69 Å². The van der Waals surface area contributed by atoms with Crippen LogP contribution >= 0.6 is 0 Å². The van der Waals surface area contributed by atoms with Crippen molar-refractivity contribution < 1.29 is 4.79 Å². The van der Waals surface area contributed by atoms with E-state index in [1.807, 2.05) is 0 Å². The van der Waals surface area contributed by atoms with E-state index in [0.29, 0.717) is 17.9 Å². The number of nitrogens with one attached hydrogen (secondary N) is 2. The van der Waals surface area contributed by atoms with Crippen molar-refractivity contribution in [2.45, 2.75) is 76.2 Å². The molecular formula is C25H37N3O. The van der Waals surface area contributed by atoms with E-state index < -0.39 is 0 Å². The molecule has 3 fully saturated rings. The summed E-state index contributed by atoms with van der Waals surface area (Å²) in [5.41, 5.74) is 4.08. The van der Waals surface area contributed by atoms with Crippen LogP contribution in [0.25, 0.3) is 0 Å². The Kier molecular flexibility index (Phi) is 5.92. The maximum Gasteiger partial charge on any atom is 0.230 e. The summed E-state index contributed by atoms with van der Waals surface area (Å²) in [5, 5.41) is 7.28. The quantitative estimate of drug-likeness (QED) is 0.741. The fourth-order valence-electron chi connectivity index (χ4n) is 5.82. The van der Waals surface area contributed by atoms with Gasteiger partial charge in [-0.1, -0.05) is 37.8 Å². The third kappa shape index (κ3) is 4.39. The van der Waals surface area contributed by atoms with Crippen molar-refractivity contribution in [2.75, 3.05) is 31.1 Å². The topological polar surface area (TPSA) is 44.4 Å². The van der Waals surface area contributed by atoms with Gasteiger partial charge in [0, 0.05) is 30.1 Å². The number of hydrogen-bond acceptors (Lipinski definition) is 3. The molecule has 0 unspecified atom stereocenters. The molecule has 2 heterocycles. The van der Waals surface area contributed by atoms with Crippen molar-refractivity contribution in [3.05, 3.63) is 29.3 Å². The van der Waals surface area contributed by atoms with Crippen molar-refractivity contribution in [1.29, 1.82) is 0 Å². The van der Waals surface area contributed by atoms with Gasteiger partial charge in [-0.05, 0) is 81.3 Å². The molecule has 1 aromatic carbocycles. The number of anilines is 1. The Hall–Kier alpha value is -1.39. The average molecular weight is 396 g/mol. The van der Waals surface area contributed by atoms with Gasteiger partial charge in [-0.2, -0.15) is 0 Å². The van der Waals surface area contributed by atoms with Gasteiger partial charge in [-0.25, -0.2) is 0 Å². The maximum atomic E-state index is 13.1. The van der Waals surface area contributed by atoms with Crippen molar-refractivity contribution in [3.8, 4) is 0 Å². The maximum absolute atomic E-state index is 13.1. The van der Waals surface area contributed by atoms with E-state index >= 15 is 0 Å². The van der Waals surface area contributed by atoms with E-state index in [1.165, 1.54) is 81.4 Å². The van der Waals surface area contributed by atoms with E-state index in [2.05, 4.69) is 33.7 Å². The highest BCUT2D eigenvalue weighted by Crippen LogP contribution is 2.43. The van der Waals surface area contributed by atoms with Gasteiger partial charge in [0.1, 0.15) is 0 Å². The summed E-state index contributed by atoms with van der Waals surface area (Å²) in [4.78, 5) is 15.3. The molecule has 0 radical (unpaired) electrons. The normalized spacial score (nSPS) is 28.2. The molecule has 1 amide bonds. The second-order valence-corrected chi connectivity index (χ2v) is 9.87. The Morgan fingerprint density at radius 1 is 1.07 bits per heavy atom. The fraction of sp³-hybridized carbons (Fsp3) is 0.720. The van der Waals surface area contributed by atoms with Gasteiger partial charge in [0.15, 0.2) is 0 Å². The molecule has 2 atom stereocenters. The Bertz CT molecular complexity index is 719. The molecule has 158 valence electrons. The van der Waals surface area contributed by atoms with Crippen LogP contribution in [0, 0.1) is 11.8 Å². The molecule has 0 spiro atoms. The molecular weight excluding hydrogens is 358 g/mol. The highest BCUT2D eigenvalue weighted by Gasteiger charge is 2.39. The number of piperidine rings is 1. The van der Waals surface area contributed by atoms with Gasteiger partial charge in [0.2, 0.25) is 5.91 Å². The van der Waals surface area contributed by atoms with Gasteiger partial charge in [0.05, 0.1) is 0 Å². The number of benzene rings is 1. The largest absolute Gasteiger partial charge is 0.317 e. The lowest BCUT2D eigenvalue weighted by molar-refractivity contribution is -0.122. The predicted molar refractivity (Wildman–Crippen MR) is 118 cm³/mol. The molecule has 4 aliphatic rings. The molecule has 1 saturated heterocycles. The van der Waals surface area contributed by atoms with Crippen molar-refractivity contribution in [1.82, 2.24) is 10.6 Å². The van der Waals surface area contributed by atoms with Crippen molar-refractivity contribution in [3.63, 3.8) is 0 Å². The third-order valence-electron chi connectivity index (χ3n) is 7.82. The highest BCUT2D eigenvalue weighted by molar-refractivity contribution is 5.97. The van der Waals surface area contributed by atoms with E-state index in [1.54, 1.807) is 0 Å². The summed E-state index contributed by atoms with van der Waals surface area (Å²) in [5.74, 6) is 2.18. The van der Waals surface area contributed by atoms with Crippen LogP contribution in [0.1, 0.15) is 74.8 Å². The summed E-state index contributed by atoms with van der Waals surface area (Å²) in [7, 11) is 0. The monoisotopic (exact) mass is 395 g/mol. The van der Waals surface area contributed by atoms with E-state index in [0.717, 1.165) is 31.7 Å². The Labute approximate surface area is 175 Å². The van der Waals surface area contributed by atoms with Gasteiger partial charge >= 0.3 is 0 Å². The molecule has 29 heavy (non-hydrogen) atoms. The van der Waals surface area contributed by atoms with Gasteiger partial charge in [-0.3, -0.25) is 4.79 Å². The first-order valence-corrected chi connectivity index (χ1v) is 12.2. The lowest BCUT2D eigenvalue weighted by atomic mass is 9.98. The lowest BCUT2D eigenvalue weighted by Crippen LogP contribution is -2.34. The Morgan fingerprint density at radius 2 is 1.86 bits per heavy atom. The summed E-state index contributed by atoms with van der Waals surface area (Å²) in [6.45, 7) is 4.43. The molecule has 2 aliphatic heterocycles. The third-order valence-corrected chi connectivity index (χ3v) is 7.82. The number of amides is 1. The average Bonchev–Trinajstić information content (AvgIpc) is 3.49. The van der Waals surface area contributed by atoms with Crippen molar-refractivity contribution >= 4 is 11.6 Å². The van der Waals surface area contributed by atoms with Crippen LogP contribution < -0.4 is 15.5 Å². The summed E-state index contributed by atoms with van der Waals surface area (Å²) >= 11 is 0. The minimum absolute atomic E-state index is 0.259. The van der Waals surface area contributed by atoms with Gasteiger partial charge in [-0.15, -0.1) is 0 Å². The van der Waals surface area contributed by atoms with Gasteiger partial charge < -0.3 is 15.5 Å². The highest BCUT2D eigenvalue weighted by atomic mass is 16.2. The van der Waals surface area contributed by atoms with Crippen LogP contribution in [-0.2, 0) is 11.2 Å². The first-order chi connectivity index (χ1) is 14.3. The number of nitrogens with zero attached hydrogens (tertiary/aromatic N) is 1. The summed E-state index contributed by atoms with van der Waals surface area (Å²) in [6.07, 6.45) is 12.2. The van der Waals surface area contributed by atoms with Crippen LogP contribution in [0.3, 0.4) is 0 Å². The second kappa shape index (κ2) is 8.77. The zero-order chi connectivity index (χ0) is 19.6. The fourth-order valence-corrected chi connectivity index (χ4v) is 5.82. The number of carbonyl (C=O) groups is 1. The van der Waals surface area contributed by atoms with Crippen LogP contribution in [0.2, 0.25) is 0 Å². The Balaban J connectivity index is 1.18. The zero-order valence-electron chi connectivity index (χ0n) is 17.8. The molecule has 4 nitrogen and oxygen atoms in total. The molecule has 0 aromatic heterocycles. The van der Waals surface area contributed by atoms with E-state index in [-0.39, 0.29) is 5.92 Å². The first-order valence-electron chi connectivity index (χ1n) is 12.2. The Morgan fingerprint density at radius 3 is 2.66 bits per heavy atom. The molecule has 2 aliphatic carbocycles. The number of rotatable bonds is 5. The lowest BCUT2D eigenvalue weighted by Gasteiger charge is -2.23. The molecule has 2 N–H and O–H groups in total. The van der Waals surface area contributed by atoms with Crippen LogP contribution in [0.5, 0.6) is 0 Å². The minimum Gasteiger partial charge on any atom is -0.317 e. The number of hydrogen-bond donors (Lipinski definition) is 2. The summed E-state index contributed by atoms with van der Waals surface area (Å²) < 4.78 is 0. The standard InChI is InChI=1S/C25H37N3O/c29-25(19-5-3-1-2-4-6-19)28-14-11-21-15-20(7-8-24(21)28)22-16-23(22)27-17-18-9-12-26-13-10-18/h7-8,15,18-19,22-23,26-27H,1-6,9-14,16-17H2/t22-,23+/m0/s1. The molecule has 4 heteroatoms. The molecule has 1 aromatic rings. The van der Waals surface area contributed by atoms with Gasteiger partial charge in [0.25, 0.3) is 0 Å². The molecule has 2 saturated carbocycles. The summed E-state index contributed by atoms with van der Waals surface area (Å²) in [6, 6.07) is 7.61. The molecule has 0 bridgehead atoms. The van der Waals surface area contributed by atoms with Crippen molar-refractivity contribution in [2.24, 2.45) is 11.8 Å². The smallest absolute Gasteiger partial charge is 0.230 e. The SMILES string of the molecule is O=C(C1CCCCCC1)N1CCc2cc([C@@H]3C[C@H]3NCC3CCNCC3)ccc21. The van der Waals surface area contributed by atoms with E-state index in [9.17, 15) is 4.79 Å².